The molecule has 1 unspecified atom stereocenters. The maximum absolute atomic E-state index is 12.6. The van der Waals surface area contributed by atoms with Crippen molar-refractivity contribution in [1.82, 2.24) is 9.97 Å². The fourth-order valence-corrected chi connectivity index (χ4v) is 3.71. The summed E-state index contributed by atoms with van der Waals surface area (Å²) < 4.78 is 0. The summed E-state index contributed by atoms with van der Waals surface area (Å²) in [5, 5.41) is 2.29. The van der Waals surface area contributed by atoms with E-state index in [9.17, 15) is 4.79 Å². The maximum Gasteiger partial charge on any atom is 0.137 e. The van der Waals surface area contributed by atoms with Gasteiger partial charge in [0.25, 0.3) is 0 Å². The number of carbonyl (C=O) groups is 1. The van der Waals surface area contributed by atoms with Crippen LogP contribution < -0.4 is 0 Å². The molecule has 0 aliphatic carbocycles. The van der Waals surface area contributed by atoms with E-state index in [-0.39, 0.29) is 11.7 Å². The summed E-state index contributed by atoms with van der Waals surface area (Å²) in [7, 11) is 0. The molecule has 2 heterocycles. The van der Waals surface area contributed by atoms with Gasteiger partial charge in [-0.1, -0.05) is 49.4 Å². The van der Waals surface area contributed by atoms with Gasteiger partial charge < -0.3 is 0 Å². The average Bonchev–Trinajstić information content (AvgIpc) is 2.74. The van der Waals surface area contributed by atoms with Gasteiger partial charge in [0.2, 0.25) is 0 Å². The van der Waals surface area contributed by atoms with Crippen molar-refractivity contribution in [2.45, 2.75) is 32.6 Å². The number of fused-ring (bicyclic) bond motifs is 1. The molecule has 0 bridgehead atoms. The Hall–Kier alpha value is -3.33. The fourth-order valence-electron chi connectivity index (χ4n) is 3.71. The largest absolute Gasteiger partial charge is 0.299 e. The Bertz CT molecular complexity index is 1150. The van der Waals surface area contributed by atoms with Crippen LogP contribution in [0.4, 0.5) is 0 Å². The van der Waals surface area contributed by atoms with Gasteiger partial charge >= 0.3 is 0 Å². The second-order valence-electron chi connectivity index (χ2n) is 7.69. The maximum atomic E-state index is 12.6. The zero-order chi connectivity index (χ0) is 20.2. The van der Waals surface area contributed by atoms with Crippen LogP contribution in [0.3, 0.4) is 0 Å². The number of pyridine rings is 2. The van der Waals surface area contributed by atoms with Crippen molar-refractivity contribution in [2.24, 2.45) is 0 Å². The van der Waals surface area contributed by atoms with Crippen molar-refractivity contribution in [1.29, 1.82) is 0 Å². The Morgan fingerprint density at radius 3 is 2.52 bits per heavy atom. The standard InChI is InChI=1S/C26H24N2O/c1-18(22-7-8-25-17-27-11-9-24(25)16-22)13-26(29)15-20-3-5-21(6-4-20)23-10-12-28-19(2)14-23/h3-12,14,16-18H,13,15H2,1-2H3. The van der Waals surface area contributed by atoms with Crippen LogP contribution >= 0.6 is 0 Å². The number of hydrogen-bond donors (Lipinski definition) is 0. The molecule has 1 atom stereocenters. The first-order valence-electron chi connectivity index (χ1n) is 9.96. The Labute approximate surface area is 171 Å². The highest BCUT2D eigenvalue weighted by Crippen LogP contribution is 2.25. The van der Waals surface area contributed by atoms with Crippen molar-refractivity contribution in [3.8, 4) is 11.1 Å². The Balaban J connectivity index is 1.41. The molecule has 0 saturated carbocycles. The van der Waals surface area contributed by atoms with Crippen molar-refractivity contribution in [3.63, 3.8) is 0 Å². The number of aromatic nitrogens is 2. The second-order valence-corrected chi connectivity index (χ2v) is 7.69. The highest BCUT2D eigenvalue weighted by molar-refractivity contribution is 5.84. The predicted molar refractivity (Wildman–Crippen MR) is 118 cm³/mol. The number of hydrogen-bond acceptors (Lipinski definition) is 3. The molecule has 3 heteroatoms. The van der Waals surface area contributed by atoms with Crippen LogP contribution in [0.25, 0.3) is 21.9 Å². The van der Waals surface area contributed by atoms with Gasteiger partial charge in [-0.3, -0.25) is 14.8 Å². The molecule has 2 aromatic carbocycles. The first-order chi connectivity index (χ1) is 14.1. The van der Waals surface area contributed by atoms with Crippen molar-refractivity contribution >= 4 is 16.6 Å². The van der Waals surface area contributed by atoms with Crippen LogP contribution in [-0.4, -0.2) is 15.8 Å². The number of benzene rings is 2. The van der Waals surface area contributed by atoms with Crippen molar-refractivity contribution in [2.75, 3.05) is 0 Å². The third kappa shape index (κ3) is 4.57. The van der Waals surface area contributed by atoms with E-state index in [2.05, 4.69) is 65.4 Å². The lowest BCUT2D eigenvalue weighted by Gasteiger charge is -2.12. The van der Waals surface area contributed by atoms with E-state index in [1.54, 1.807) is 6.20 Å². The molecule has 0 amide bonds. The lowest BCUT2D eigenvalue weighted by molar-refractivity contribution is -0.118. The zero-order valence-electron chi connectivity index (χ0n) is 16.8. The molecule has 0 radical (unpaired) electrons. The van der Waals surface area contributed by atoms with E-state index in [4.69, 9.17) is 0 Å². The average molecular weight is 380 g/mol. The van der Waals surface area contributed by atoms with Gasteiger partial charge in [0.1, 0.15) is 5.78 Å². The minimum atomic E-state index is 0.194. The molecule has 0 fully saturated rings. The summed E-state index contributed by atoms with van der Waals surface area (Å²) in [6.07, 6.45) is 6.51. The smallest absolute Gasteiger partial charge is 0.137 e. The van der Waals surface area contributed by atoms with Crippen LogP contribution in [0.5, 0.6) is 0 Å². The number of ketones is 1. The first kappa shape index (κ1) is 19.0. The quantitative estimate of drug-likeness (QED) is 0.417. The molecule has 144 valence electrons. The molecule has 0 aliphatic rings. The van der Waals surface area contributed by atoms with Gasteiger partial charge in [-0.05, 0) is 58.7 Å². The summed E-state index contributed by atoms with van der Waals surface area (Å²) in [5.74, 6) is 0.457. The second kappa shape index (κ2) is 8.36. The predicted octanol–water partition coefficient (Wildman–Crippen LogP) is 5.91. The third-order valence-electron chi connectivity index (χ3n) is 5.35. The molecule has 0 spiro atoms. The van der Waals surface area contributed by atoms with E-state index in [0.717, 1.165) is 27.8 Å². The zero-order valence-corrected chi connectivity index (χ0v) is 16.8. The normalized spacial score (nSPS) is 12.1. The van der Waals surface area contributed by atoms with E-state index >= 15 is 0 Å². The summed E-state index contributed by atoms with van der Waals surface area (Å²) >= 11 is 0. The monoisotopic (exact) mass is 380 g/mol. The van der Waals surface area contributed by atoms with Crippen LogP contribution in [0.1, 0.15) is 36.1 Å². The number of nitrogens with zero attached hydrogens (tertiary/aromatic N) is 2. The molecular formula is C26H24N2O. The van der Waals surface area contributed by atoms with Crippen LogP contribution in [0.15, 0.2) is 79.3 Å². The lowest BCUT2D eigenvalue weighted by atomic mass is 9.92. The molecule has 3 nitrogen and oxygen atoms in total. The molecule has 0 N–H and O–H groups in total. The molecule has 29 heavy (non-hydrogen) atoms. The number of aryl methyl sites for hydroxylation is 1. The Kier molecular flexibility index (Phi) is 5.48. The third-order valence-corrected chi connectivity index (χ3v) is 5.35. The van der Waals surface area contributed by atoms with Crippen molar-refractivity contribution in [3.05, 3.63) is 96.1 Å². The van der Waals surface area contributed by atoms with E-state index in [1.807, 2.05) is 31.5 Å². The minimum absolute atomic E-state index is 0.194. The number of rotatable bonds is 6. The van der Waals surface area contributed by atoms with Gasteiger partial charge in [0.05, 0.1) is 0 Å². The van der Waals surface area contributed by atoms with Crippen LogP contribution in [0.2, 0.25) is 0 Å². The fraction of sp³-hybridized carbons (Fsp3) is 0.192. The summed E-state index contributed by atoms with van der Waals surface area (Å²) in [5.41, 5.74) is 5.55. The first-order valence-corrected chi connectivity index (χ1v) is 9.96. The van der Waals surface area contributed by atoms with Gasteiger partial charge in [-0.15, -0.1) is 0 Å². The van der Waals surface area contributed by atoms with E-state index in [0.29, 0.717) is 12.8 Å². The van der Waals surface area contributed by atoms with E-state index in [1.165, 1.54) is 10.9 Å². The van der Waals surface area contributed by atoms with Crippen LogP contribution in [0, 0.1) is 6.92 Å². The summed E-state index contributed by atoms with van der Waals surface area (Å²) in [6.45, 7) is 4.11. The van der Waals surface area contributed by atoms with Gasteiger partial charge in [0.15, 0.2) is 0 Å². The van der Waals surface area contributed by atoms with Gasteiger partial charge in [-0.2, -0.15) is 0 Å². The molecule has 4 aromatic rings. The highest BCUT2D eigenvalue weighted by atomic mass is 16.1. The molecule has 0 aliphatic heterocycles. The number of carbonyl (C=O) groups excluding carboxylic acids is 1. The molecule has 4 rings (SSSR count). The summed E-state index contributed by atoms with van der Waals surface area (Å²) in [6, 6.07) is 20.7. The molecule has 2 aromatic heterocycles. The lowest BCUT2D eigenvalue weighted by Crippen LogP contribution is -2.07. The van der Waals surface area contributed by atoms with Crippen molar-refractivity contribution < 1.29 is 4.79 Å². The number of Topliss-reactive ketones (excluding diaryl/α,β-unsaturated/α-hetero) is 1. The topological polar surface area (TPSA) is 42.9 Å². The Morgan fingerprint density at radius 1 is 0.897 bits per heavy atom. The SMILES string of the molecule is Cc1cc(-c2ccc(CC(=O)CC(C)c3ccc4cnccc4c3)cc2)ccn1. The summed E-state index contributed by atoms with van der Waals surface area (Å²) in [4.78, 5) is 21.0. The molecule has 0 saturated heterocycles. The highest BCUT2D eigenvalue weighted by Gasteiger charge is 2.13. The van der Waals surface area contributed by atoms with E-state index < -0.39 is 0 Å². The van der Waals surface area contributed by atoms with Crippen LogP contribution in [-0.2, 0) is 11.2 Å². The minimum Gasteiger partial charge on any atom is -0.299 e. The Morgan fingerprint density at radius 2 is 1.72 bits per heavy atom. The van der Waals surface area contributed by atoms with Gasteiger partial charge in [0, 0.05) is 42.5 Å². The van der Waals surface area contributed by atoms with Gasteiger partial charge in [-0.25, -0.2) is 0 Å². The molecular weight excluding hydrogens is 356 g/mol.